The Morgan fingerprint density at radius 2 is 2.47 bits per heavy atom. The maximum atomic E-state index is 11.5. The number of nitrogens with two attached hydrogens (primary N) is 1. The first-order valence-corrected chi connectivity index (χ1v) is 6.46. The lowest BCUT2D eigenvalue weighted by Gasteiger charge is -2.12. The first-order valence-electron chi connectivity index (χ1n) is 6.46. The van der Waals surface area contributed by atoms with E-state index in [2.05, 4.69) is 5.32 Å². The number of nitrogens with one attached hydrogen (secondary N) is 1. The highest BCUT2D eigenvalue weighted by molar-refractivity contribution is 5.81. The summed E-state index contributed by atoms with van der Waals surface area (Å²) in [5, 5.41) is 2.82. The Kier molecular flexibility index (Phi) is 7.16. The van der Waals surface area contributed by atoms with E-state index in [-0.39, 0.29) is 18.1 Å². The second-order valence-electron chi connectivity index (χ2n) is 4.40. The number of rotatable bonds is 8. The van der Waals surface area contributed by atoms with Gasteiger partial charge in [-0.05, 0) is 19.3 Å². The van der Waals surface area contributed by atoms with E-state index in [1.807, 2.05) is 6.92 Å². The van der Waals surface area contributed by atoms with Gasteiger partial charge in [0.1, 0.15) is 0 Å². The van der Waals surface area contributed by atoms with E-state index in [0.29, 0.717) is 19.8 Å². The molecule has 2 atom stereocenters. The zero-order valence-corrected chi connectivity index (χ0v) is 10.6. The molecule has 2 unspecified atom stereocenters. The molecule has 1 aliphatic rings. The predicted octanol–water partition coefficient (Wildman–Crippen LogP) is 0.426. The van der Waals surface area contributed by atoms with Crippen LogP contribution in [0.3, 0.4) is 0 Å². The Labute approximate surface area is 103 Å². The van der Waals surface area contributed by atoms with Crippen molar-refractivity contribution in [1.82, 2.24) is 5.32 Å². The van der Waals surface area contributed by atoms with E-state index >= 15 is 0 Å². The minimum Gasteiger partial charge on any atom is -0.379 e. The van der Waals surface area contributed by atoms with Gasteiger partial charge in [0.05, 0.1) is 18.8 Å². The highest BCUT2D eigenvalue weighted by Crippen LogP contribution is 2.07. The fourth-order valence-electron chi connectivity index (χ4n) is 1.75. The Morgan fingerprint density at radius 3 is 3.12 bits per heavy atom. The van der Waals surface area contributed by atoms with Crippen LogP contribution in [0.25, 0.3) is 0 Å². The highest BCUT2D eigenvalue weighted by atomic mass is 16.5. The Hall–Kier alpha value is -0.650. The van der Waals surface area contributed by atoms with Gasteiger partial charge in [0.2, 0.25) is 5.91 Å². The van der Waals surface area contributed by atoms with Crippen LogP contribution in [0.2, 0.25) is 0 Å². The van der Waals surface area contributed by atoms with Gasteiger partial charge in [-0.1, -0.05) is 13.3 Å². The van der Waals surface area contributed by atoms with E-state index in [1.54, 1.807) is 0 Å². The van der Waals surface area contributed by atoms with Crippen LogP contribution in [0.15, 0.2) is 0 Å². The van der Waals surface area contributed by atoms with Crippen LogP contribution in [0.4, 0.5) is 0 Å². The Morgan fingerprint density at radius 1 is 1.65 bits per heavy atom. The van der Waals surface area contributed by atoms with Crippen molar-refractivity contribution in [2.24, 2.45) is 5.73 Å². The molecule has 0 aromatic carbocycles. The molecule has 0 aromatic rings. The Bertz CT molecular complexity index is 218. The van der Waals surface area contributed by atoms with E-state index in [0.717, 1.165) is 32.3 Å². The molecular formula is C12H24N2O3. The predicted molar refractivity (Wildman–Crippen MR) is 65.7 cm³/mol. The van der Waals surface area contributed by atoms with Gasteiger partial charge in [0.15, 0.2) is 0 Å². The minimum atomic E-state index is -0.371. The molecule has 1 aliphatic heterocycles. The van der Waals surface area contributed by atoms with Crippen LogP contribution in [0, 0.1) is 0 Å². The van der Waals surface area contributed by atoms with Gasteiger partial charge >= 0.3 is 0 Å². The minimum absolute atomic E-state index is 0.0592. The van der Waals surface area contributed by atoms with Crippen LogP contribution in [0.1, 0.15) is 32.6 Å². The van der Waals surface area contributed by atoms with E-state index < -0.39 is 0 Å². The SMILES string of the molecule is CCCC(N)C(=O)NCCCOC1CCOC1. The maximum Gasteiger partial charge on any atom is 0.236 e. The van der Waals surface area contributed by atoms with Gasteiger partial charge in [0.25, 0.3) is 0 Å². The molecule has 0 aliphatic carbocycles. The summed E-state index contributed by atoms with van der Waals surface area (Å²) in [7, 11) is 0. The van der Waals surface area contributed by atoms with E-state index in [1.165, 1.54) is 0 Å². The summed E-state index contributed by atoms with van der Waals surface area (Å²) in [5.41, 5.74) is 5.68. The van der Waals surface area contributed by atoms with Crippen molar-refractivity contribution in [3.63, 3.8) is 0 Å². The van der Waals surface area contributed by atoms with Gasteiger partial charge in [-0.15, -0.1) is 0 Å². The van der Waals surface area contributed by atoms with Gasteiger partial charge < -0.3 is 20.5 Å². The van der Waals surface area contributed by atoms with Crippen LogP contribution >= 0.6 is 0 Å². The first-order chi connectivity index (χ1) is 8.24. The summed E-state index contributed by atoms with van der Waals surface area (Å²) in [6, 6.07) is -0.371. The number of carbonyl (C=O) groups is 1. The lowest BCUT2D eigenvalue weighted by atomic mass is 10.2. The molecule has 100 valence electrons. The molecule has 1 amide bonds. The van der Waals surface area contributed by atoms with Crippen molar-refractivity contribution >= 4 is 5.91 Å². The van der Waals surface area contributed by atoms with Gasteiger partial charge in [-0.2, -0.15) is 0 Å². The molecule has 3 N–H and O–H groups in total. The lowest BCUT2D eigenvalue weighted by molar-refractivity contribution is -0.122. The monoisotopic (exact) mass is 244 g/mol. The maximum absolute atomic E-state index is 11.5. The van der Waals surface area contributed by atoms with Gasteiger partial charge in [-0.25, -0.2) is 0 Å². The first kappa shape index (κ1) is 14.4. The number of hydrogen-bond donors (Lipinski definition) is 2. The molecule has 0 radical (unpaired) electrons. The second kappa shape index (κ2) is 8.44. The molecule has 5 nitrogen and oxygen atoms in total. The van der Waals surface area contributed by atoms with Crippen molar-refractivity contribution in [2.45, 2.75) is 44.8 Å². The normalized spacial score (nSPS) is 21.4. The number of hydrogen-bond acceptors (Lipinski definition) is 4. The van der Waals surface area contributed by atoms with Crippen LogP contribution in [-0.4, -0.2) is 44.4 Å². The number of amides is 1. The van der Waals surface area contributed by atoms with Crippen molar-refractivity contribution in [3.05, 3.63) is 0 Å². The zero-order valence-electron chi connectivity index (χ0n) is 10.6. The molecular weight excluding hydrogens is 220 g/mol. The van der Waals surface area contributed by atoms with Crippen molar-refractivity contribution in [3.8, 4) is 0 Å². The van der Waals surface area contributed by atoms with Crippen LogP contribution < -0.4 is 11.1 Å². The van der Waals surface area contributed by atoms with Crippen LogP contribution in [0.5, 0.6) is 0 Å². The molecule has 0 spiro atoms. The number of carbonyl (C=O) groups excluding carboxylic acids is 1. The van der Waals surface area contributed by atoms with E-state index in [4.69, 9.17) is 15.2 Å². The average Bonchev–Trinajstić information content (AvgIpc) is 2.81. The lowest BCUT2D eigenvalue weighted by Crippen LogP contribution is -2.41. The molecule has 1 fully saturated rings. The van der Waals surface area contributed by atoms with E-state index in [9.17, 15) is 4.79 Å². The van der Waals surface area contributed by atoms with Gasteiger partial charge in [0, 0.05) is 19.8 Å². The highest BCUT2D eigenvalue weighted by Gasteiger charge is 2.15. The van der Waals surface area contributed by atoms with Crippen molar-refractivity contribution in [2.75, 3.05) is 26.4 Å². The fraction of sp³-hybridized carbons (Fsp3) is 0.917. The quantitative estimate of drug-likeness (QED) is 0.607. The molecule has 1 heterocycles. The molecule has 5 heteroatoms. The summed E-state index contributed by atoms with van der Waals surface area (Å²) < 4.78 is 10.8. The molecule has 1 saturated heterocycles. The Balaban J connectivity index is 1.94. The summed E-state index contributed by atoms with van der Waals surface area (Å²) in [5.74, 6) is -0.0592. The number of ether oxygens (including phenoxy) is 2. The second-order valence-corrected chi connectivity index (χ2v) is 4.40. The molecule has 17 heavy (non-hydrogen) atoms. The average molecular weight is 244 g/mol. The smallest absolute Gasteiger partial charge is 0.236 e. The van der Waals surface area contributed by atoms with Gasteiger partial charge in [-0.3, -0.25) is 4.79 Å². The standard InChI is InChI=1S/C12H24N2O3/c1-2-4-11(13)12(15)14-6-3-7-17-10-5-8-16-9-10/h10-11H,2-9,13H2,1H3,(H,14,15). The van der Waals surface area contributed by atoms with Crippen molar-refractivity contribution < 1.29 is 14.3 Å². The third-order valence-electron chi connectivity index (χ3n) is 2.80. The summed E-state index contributed by atoms with van der Waals surface area (Å²) in [6.45, 7) is 4.81. The fourth-order valence-corrected chi connectivity index (χ4v) is 1.75. The third-order valence-corrected chi connectivity index (χ3v) is 2.80. The summed E-state index contributed by atoms with van der Waals surface area (Å²) in [6.07, 6.45) is 3.71. The third kappa shape index (κ3) is 6.00. The summed E-state index contributed by atoms with van der Waals surface area (Å²) >= 11 is 0. The molecule has 0 saturated carbocycles. The molecule has 1 rings (SSSR count). The molecule has 0 aromatic heterocycles. The largest absolute Gasteiger partial charge is 0.379 e. The molecule has 0 bridgehead atoms. The zero-order chi connectivity index (χ0) is 12.5. The van der Waals surface area contributed by atoms with Crippen molar-refractivity contribution in [1.29, 1.82) is 0 Å². The summed E-state index contributed by atoms with van der Waals surface area (Å²) in [4.78, 5) is 11.5. The van der Waals surface area contributed by atoms with Crippen LogP contribution in [-0.2, 0) is 14.3 Å². The topological polar surface area (TPSA) is 73.6 Å².